The van der Waals surface area contributed by atoms with Crippen LogP contribution in [-0.2, 0) is 11.2 Å². The molecule has 208 valence electrons. The van der Waals surface area contributed by atoms with Gasteiger partial charge in [0, 0.05) is 31.7 Å². The number of rotatable bonds is 6. The minimum atomic E-state index is -5.08. The summed E-state index contributed by atoms with van der Waals surface area (Å²) in [5, 5.41) is 21.0. The number of carboxylic acids is 1. The number of aryl methyl sites for hydroxylation is 1. The van der Waals surface area contributed by atoms with Crippen LogP contribution in [0.3, 0.4) is 0 Å². The maximum Gasteiger partial charge on any atom is 0.490 e. The van der Waals surface area contributed by atoms with Crippen molar-refractivity contribution < 1.29 is 42.4 Å². The Morgan fingerprint density at radius 3 is 2.47 bits per heavy atom. The number of para-hydroxylation sites is 1. The van der Waals surface area contributed by atoms with Gasteiger partial charge in [-0.25, -0.2) is 4.79 Å². The number of hydrogen-bond acceptors (Lipinski definition) is 6. The summed E-state index contributed by atoms with van der Waals surface area (Å²) >= 11 is 6.10. The molecule has 0 bridgehead atoms. The maximum atomic E-state index is 12.0. The number of aliphatic carboxylic acids is 1. The fourth-order valence-corrected chi connectivity index (χ4v) is 4.63. The van der Waals surface area contributed by atoms with Gasteiger partial charge in [0.05, 0.1) is 5.56 Å². The van der Waals surface area contributed by atoms with Crippen LogP contribution in [0.2, 0.25) is 5.02 Å². The molecule has 1 saturated heterocycles. The Bertz CT molecular complexity index is 1120. The fraction of sp³-hybridized carbons (Fsp3) is 0.462. The van der Waals surface area contributed by atoms with Crippen molar-refractivity contribution in [2.75, 3.05) is 33.3 Å². The number of halogens is 4. The topological polar surface area (TPSA) is 108 Å². The fourth-order valence-electron chi connectivity index (χ4n) is 4.44. The molecule has 1 spiro atoms. The quantitative estimate of drug-likeness (QED) is 0.493. The number of piperidine rings is 1. The molecule has 0 aliphatic carbocycles. The molecule has 8 nitrogen and oxygen atoms in total. The Kier molecular flexibility index (Phi) is 9.86. The Labute approximate surface area is 223 Å². The molecule has 2 aromatic rings. The van der Waals surface area contributed by atoms with Crippen LogP contribution in [0.25, 0.3) is 0 Å². The van der Waals surface area contributed by atoms with Crippen molar-refractivity contribution >= 4 is 23.5 Å². The second kappa shape index (κ2) is 12.7. The number of nitrogens with zero attached hydrogens (tertiary/aromatic N) is 1. The van der Waals surface area contributed by atoms with Gasteiger partial charge in [-0.05, 0) is 61.6 Å². The SMILES string of the molecule is CNC(=O)c1ccccc1OC[C@@H](O)CN1CCC2(CCc3cc(Cl)ccc3O2)CC1.O=C(O)C(F)(F)F. The number of amides is 1. The average molecular weight is 559 g/mol. The van der Waals surface area contributed by atoms with Gasteiger partial charge in [0.2, 0.25) is 0 Å². The Balaban J connectivity index is 0.000000505. The van der Waals surface area contributed by atoms with E-state index in [0.717, 1.165) is 49.5 Å². The minimum Gasteiger partial charge on any atom is -0.490 e. The van der Waals surface area contributed by atoms with Crippen molar-refractivity contribution in [1.29, 1.82) is 0 Å². The smallest absolute Gasteiger partial charge is 0.490 e. The summed E-state index contributed by atoms with van der Waals surface area (Å²) < 4.78 is 43.9. The third-order valence-corrected chi connectivity index (χ3v) is 6.70. The monoisotopic (exact) mass is 558 g/mol. The lowest BCUT2D eigenvalue weighted by molar-refractivity contribution is -0.192. The van der Waals surface area contributed by atoms with Crippen LogP contribution >= 0.6 is 11.6 Å². The number of ether oxygens (including phenoxy) is 2. The van der Waals surface area contributed by atoms with Gasteiger partial charge in [-0.3, -0.25) is 4.79 Å². The van der Waals surface area contributed by atoms with Crippen LogP contribution in [-0.4, -0.2) is 78.2 Å². The van der Waals surface area contributed by atoms with E-state index in [0.29, 0.717) is 17.9 Å². The summed E-state index contributed by atoms with van der Waals surface area (Å²) in [5.41, 5.74) is 1.53. The summed E-state index contributed by atoms with van der Waals surface area (Å²) in [6, 6.07) is 12.9. The molecular formula is C26H30ClF3N2O6. The van der Waals surface area contributed by atoms with Crippen LogP contribution in [0, 0.1) is 0 Å². The number of likely N-dealkylation sites (tertiary alicyclic amines) is 1. The molecule has 12 heteroatoms. The van der Waals surface area contributed by atoms with Crippen LogP contribution < -0.4 is 14.8 Å². The number of carboxylic acid groups (broad SMARTS) is 1. The standard InChI is InChI=1S/C24H29ClN2O4.C2HF3O2/c1-26-23(29)20-4-2-3-5-22(20)30-16-19(28)15-27-12-10-24(11-13-27)9-8-17-14-18(25)6-7-21(17)31-24;3-2(4,5)1(6)7/h2-7,14,19,28H,8-13,15-16H2,1H3,(H,26,29);(H,6,7)/t19-;/m0./s1. The molecule has 2 aliphatic rings. The van der Waals surface area contributed by atoms with E-state index >= 15 is 0 Å². The third kappa shape index (κ3) is 7.99. The zero-order valence-electron chi connectivity index (χ0n) is 20.8. The lowest BCUT2D eigenvalue weighted by Crippen LogP contribution is -2.51. The number of β-amino-alcohol motifs (C(OH)–C–C–N with tert-alkyl or cyclic N) is 1. The summed E-state index contributed by atoms with van der Waals surface area (Å²) in [5.74, 6) is -1.53. The zero-order valence-corrected chi connectivity index (χ0v) is 21.5. The number of hydrogen-bond donors (Lipinski definition) is 3. The summed E-state index contributed by atoms with van der Waals surface area (Å²) in [6.07, 6.45) is -1.88. The highest BCUT2D eigenvalue weighted by atomic mass is 35.5. The summed E-state index contributed by atoms with van der Waals surface area (Å²) in [4.78, 5) is 23.1. The molecule has 2 heterocycles. The number of nitrogens with one attached hydrogen (secondary N) is 1. The molecule has 4 rings (SSSR count). The normalized spacial score (nSPS) is 17.3. The van der Waals surface area contributed by atoms with Crippen LogP contribution in [0.5, 0.6) is 11.5 Å². The van der Waals surface area contributed by atoms with E-state index in [1.165, 1.54) is 5.56 Å². The van der Waals surface area contributed by atoms with Crippen LogP contribution in [0.4, 0.5) is 13.2 Å². The zero-order chi connectivity index (χ0) is 27.9. The Morgan fingerprint density at radius 1 is 1.18 bits per heavy atom. The molecule has 38 heavy (non-hydrogen) atoms. The van der Waals surface area contributed by atoms with E-state index in [-0.39, 0.29) is 18.1 Å². The first-order valence-corrected chi connectivity index (χ1v) is 12.4. The molecule has 0 saturated carbocycles. The van der Waals surface area contributed by atoms with Crippen LogP contribution in [0.1, 0.15) is 35.2 Å². The molecule has 2 aliphatic heterocycles. The van der Waals surface area contributed by atoms with Gasteiger partial charge in [0.1, 0.15) is 29.8 Å². The lowest BCUT2D eigenvalue weighted by atomic mass is 9.83. The van der Waals surface area contributed by atoms with Crippen molar-refractivity contribution in [3.05, 3.63) is 58.6 Å². The van der Waals surface area contributed by atoms with Gasteiger partial charge in [-0.2, -0.15) is 13.2 Å². The van der Waals surface area contributed by atoms with E-state index in [2.05, 4.69) is 10.2 Å². The highest BCUT2D eigenvalue weighted by molar-refractivity contribution is 6.30. The first-order valence-electron chi connectivity index (χ1n) is 12.0. The average Bonchev–Trinajstić information content (AvgIpc) is 2.89. The second-order valence-electron chi connectivity index (χ2n) is 9.18. The van der Waals surface area contributed by atoms with E-state index in [4.69, 9.17) is 31.0 Å². The van der Waals surface area contributed by atoms with Gasteiger partial charge in [-0.15, -0.1) is 0 Å². The van der Waals surface area contributed by atoms with E-state index in [1.54, 1.807) is 25.2 Å². The molecule has 0 aromatic heterocycles. The summed E-state index contributed by atoms with van der Waals surface area (Å²) in [6.45, 7) is 2.41. The number of alkyl halides is 3. The second-order valence-corrected chi connectivity index (χ2v) is 9.62. The van der Waals surface area contributed by atoms with E-state index < -0.39 is 18.2 Å². The van der Waals surface area contributed by atoms with Crippen molar-refractivity contribution in [2.24, 2.45) is 0 Å². The number of fused-ring (bicyclic) bond motifs is 1. The highest BCUT2D eigenvalue weighted by Gasteiger charge is 2.40. The van der Waals surface area contributed by atoms with Crippen molar-refractivity contribution in [1.82, 2.24) is 10.2 Å². The number of aliphatic hydroxyl groups excluding tert-OH is 1. The predicted molar refractivity (Wildman–Crippen MR) is 134 cm³/mol. The molecule has 1 fully saturated rings. The minimum absolute atomic E-state index is 0.120. The number of aliphatic hydroxyl groups is 1. The Hall–Kier alpha value is -3.02. The van der Waals surface area contributed by atoms with Gasteiger partial charge in [-0.1, -0.05) is 23.7 Å². The number of carbonyl (C=O) groups is 2. The number of carbonyl (C=O) groups excluding carboxylic acids is 1. The largest absolute Gasteiger partial charge is 0.490 e. The van der Waals surface area contributed by atoms with E-state index in [9.17, 15) is 23.1 Å². The van der Waals surface area contributed by atoms with E-state index in [1.807, 2.05) is 24.3 Å². The summed E-state index contributed by atoms with van der Waals surface area (Å²) in [7, 11) is 1.58. The first kappa shape index (κ1) is 29.5. The van der Waals surface area contributed by atoms with Crippen LogP contribution in [0.15, 0.2) is 42.5 Å². The molecule has 1 amide bonds. The van der Waals surface area contributed by atoms with Crippen molar-refractivity contribution in [2.45, 2.75) is 43.6 Å². The third-order valence-electron chi connectivity index (χ3n) is 6.47. The molecule has 2 aromatic carbocycles. The molecule has 0 unspecified atom stereocenters. The maximum absolute atomic E-state index is 12.0. The highest BCUT2D eigenvalue weighted by Crippen LogP contribution is 2.40. The van der Waals surface area contributed by atoms with Crippen molar-refractivity contribution in [3.63, 3.8) is 0 Å². The first-order chi connectivity index (χ1) is 17.9. The van der Waals surface area contributed by atoms with Gasteiger partial charge >= 0.3 is 12.1 Å². The Morgan fingerprint density at radius 2 is 1.84 bits per heavy atom. The predicted octanol–water partition coefficient (Wildman–Crippen LogP) is 3.93. The van der Waals surface area contributed by atoms with Crippen molar-refractivity contribution in [3.8, 4) is 11.5 Å². The molecule has 3 N–H and O–H groups in total. The number of benzene rings is 2. The molecule has 1 atom stereocenters. The molecular weight excluding hydrogens is 529 g/mol. The van der Waals surface area contributed by atoms with Gasteiger partial charge in [0.15, 0.2) is 0 Å². The molecule has 0 radical (unpaired) electrons. The van der Waals surface area contributed by atoms with Gasteiger partial charge < -0.3 is 29.9 Å². The van der Waals surface area contributed by atoms with Gasteiger partial charge in [0.25, 0.3) is 5.91 Å². The lowest BCUT2D eigenvalue weighted by Gasteiger charge is -2.45.